The molecule has 0 saturated carbocycles. The van der Waals surface area contributed by atoms with E-state index in [1.54, 1.807) is 0 Å². The van der Waals surface area contributed by atoms with E-state index in [1.165, 1.54) is 0 Å². The lowest BCUT2D eigenvalue weighted by atomic mass is 9.94. The Hall–Kier alpha value is -2.45. The van der Waals surface area contributed by atoms with Crippen molar-refractivity contribution in [3.63, 3.8) is 0 Å². The molecule has 1 saturated heterocycles. The van der Waals surface area contributed by atoms with Gasteiger partial charge in [-0.15, -0.1) is 0 Å². The van der Waals surface area contributed by atoms with Gasteiger partial charge in [-0.05, 0) is 30.2 Å². The lowest BCUT2D eigenvalue weighted by molar-refractivity contribution is -0.205. The average Bonchev–Trinajstić information content (AvgIpc) is 2.64. The number of halogens is 4. The van der Waals surface area contributed by atoms with E-state index in [0.717, 1.165) is 31.0 Å². The van der Waals surface area contributed by atoms with Gasteiger partial charge in [-0.1, -0.05) is 19.4 Å². The predicted octanol–water partition coefficient (Wildman–Crippen LogP) is 5.07. The fourth-order valence-corrected chi connectivity index (χ4v) is 3.26. The molecule has 0 atom stereocenters. The third-order valence-corrected chi connectivity index (χ3v) is 4.59. The molecule has 1 aliphatic rings. The smallest absolute Gasteiger partial charge is 0.341 e. The Morgan fingerprint density at radius 1 is 1.07 bits per heavy atom. The van der Waals surface area contributed by atoms with Gasteiger partial charge in [0.15, 0.2) is 17.9 Å². The molecule has 0 spiro atoms. The summed E-state index contributed by atoms with van der Waals surface area (Å²) in [7, 11) is 0. The lowest BCUT2D eigenvalue weighted by Crippen LogP contribution is -2.27. The molecule has 1 heterocycles. The zero-order valence-corrected chi connectivity index (χ0v) is 15.0. The molecule has 1 fully saturated rings. The van der Waals surface area contributed by atoms with Gasteiger partial charge < -0.3 is 14.6 Å². The summed E-state index contributed by atoms with van der Waals surface area (Å²) in [6.45, 7) is 2.59. The van der Waals surface area contributed by atoms with Crippen molar-refractivity contribution in [2.24, 2.45) is 5.92 Å². The Kier molecular flexibility index (Phi) is 6.00. The number of benzene rings is 2. The topological polar surface area (TPSA) is 55.8 Å². The first-order chi connectivity index (χ1) is 13.3. The molecule has 4 nitrogen and oxygen atoms in total. The van der Waals surface area contributed by atoms with E-state index in [0.29, 0.717) is 19.3 Å². The summed E-state index contributed by atoms with van der Waals surface area (Å²) in [5.41, 5.74) is -1.88. The largest absolute Gasteiger partial charge is 0.477 e. The zero-order chi connectivity index (χ0) is 20.4. The fraction of sp³-hybridized carbons (Fsp3) is 0.350. The average molecular weight is 398 g/mol. The number of aromatic carboxylic acids is 1. The molecule has 0 aromatic heterocycles. The molecule has 0 amide bonds. The van der Waals surface area contributed by atoms with Crippen LogP contribution in [-0.2, 0) is 9.47 Å². The highest BCUT2D eigenvalue weighted by atomic mass is 19.2. The Morgan fingerprint density at radius 2 is 1.75 bits per heavy atom. The summed E-state index contributed by atoms with van der Waals surface area (Å²) in [6, 6.07) is 3.36. The van der Waals surface area contributed by atoms with Crippen LogP contribution in [0.25, 0.3) is 11.1 Å². The van der Waals surface area contributed by atoms with Gasteiger partial charge >= 0.3 is 5.97 Å². The van der Waals surface area contributed by atoms with E-state index in [-0.39, 0.29) is 17.0 Å². The van der Waals surface area contributed by atoms with Gasteiger partial charge in [0.1, 0.15) is 17.2 Å². The van der Waals surface area contributed by atoms with Crippen LogP contribution < -0.4 is 0 Å². The number of rotatable bonds is 5. The molecule has 2 aromatic carbocycles. The van der Waals surface area contributed by atoms with E-state index in [9.17, 15) is 22.4 Å². The van der Waals surface area contributed by atoms with Gasteiger partial charge in [-0.2, -0.15) is 0 Å². The van der Waals surface area contributed by atoms with Gasteiger partial charge in [-0.25, -0.2) is 22.4 Å². The molecular weight excluding hydrogens is 380 g/mol. The molecule has 150 valence electrons. The standard InChI is InChI=1S/C20H18F4O4/c1-2-3-10-8-27-20(28-9-10)12-7-15(23)17(19(25)26)18(24)16(12)11-4-5-13(21)14(22)6-11/h4-7,10,20H,2-3,8-9H2,1H3,(H,25,26). The number of hydrogen-bond donors (Lipinski definition) is 1. The molecular formula is C20H18F4O4. The van der Waals surface area contributed by atoms with Crippen LogP contribution in [0.3, 0.4) is 0 Å². The second-order valence-electron chi connectivity index (χ2n) is 6.60. The van der Waals surface area contributed by atoms with Crippen molar-refractivity contribution in [2.45, 2.75) is 26.1 Å². The normalized spacial score (nSPS) is 19.6. The van der Waals surface area contributed by atoms with Crippen LogP contribution in [0.15, 0.2) is 24.3 Å². The van der Waals surface area contributed by atoms with Crippen LogP contribution in [-0.4, -0.2) is 24.3 Å². The molecule has 0 radical (unpaired) electrons. The van der Waals surface area contributed by atoms with E-state index < -0.39 is 46.7 Å². The third kappa shape index (κ3) is 3.88. The van der Waals surface area contributed by atoms with Crippen molar-refractivity contribution in [3.05, 3.63) is 58.7 Å². The Balaban J connectivity index is 2.11. The predicted molar refractivity (Wildman–Crippen MR) is 91.7 cm³/mol. The molecule has 3 rings (SSSR count). The Morgan fingerprint density at radius 3 is 2.32 bits per heavy atom. The molecule has 0 aliphatic carbocycles. The van der Waals surface area contributed by atoms with Crippen LogP contribution in [0.5, 0.6) is 0 Å². The Bertz CT molecular complexity index is 892. The summed E-state index contributed by atoms with van der Waals surface area (Å²) in [5.74, 6) is -6.82. The second-order valence-corrected chi connectivity index (χ2v) is 6.60. The number of hydrogen-bond acceptors (Lipinski definition) is 3. The molecule has 0 bridgehead atoms. The van der Waals surface area contributed by atoms with Gasteiger partial charge in [0, 0.05) is 17.0 Å². The van der Waals surface area contributed by atoms with Gasteiger partial charge in [-0.3, -0.25) is 0 Å². The quantitative estimate of drug-likeness (QED) is 0.715. The van der Waals surface area contributed by atoms with Crippen molar-refractivity contribution in [1.82, 2.24) is 0 Å². The van der Waals surface area contributed by atoms with Crippen molar-refractivity contribution in [2.75, 3.05) is 13.2 Å². The summed E-state index contributed by atoms with van der Waals surface area (Å²) in [6.07, 6.45) is 0.602. The monoisotopic (exact) mass is 398 g/mol. The van der Waals surface area contributed by atoms with Crippen LogP contribution in [0, 0.1) is 29.2 Å². The molecule has 2 aromatic rings. The molecule has 8 heteroatoms. The van der Waals surface area contributed by atoms with Gasteiger partial charge in [0.2, 0.25) is 0 Å². The number of carboxylic acids is 1. The van der Waals surface area contributed by atoms with E-state index in [1.807, 2.05) is 6.92 Å². The van der Waals surface area contributed by atoms with Crippen LogP contribution in [0.4, 0.5) is 17.6 Å². The number of carbonyl (C=O) groups is 1. The first kappa shape index (κ1) is 20.3. The minimum Gasteiger partial charge on any atom is -0.477 e. The van der Waals surface area contributed by atoms with E-state index >= 15 is 0 Å². The fourth-order valence-electron chi connectivity index (χ4n) is 3.26. The van der Waals surface area contributed by atoms with Crippen LogP contribution >= 0.6 is 0 Å². The maximum Gasteiger partial charge on any atom is 0.341 e. The van der Waals surface area contributed by atoms with Crippen molar-refractivity contribution < 1.29 is 36.9 Å². The van der Waals surface area contributed by atoms with Crippen LogP contribution in [0.1, 0.15) is 42.0 Å². The zero-order valence-electron chi connectivity index (χ0n) is 15.0. The molecule has 28 heavy (non-hydrogen) atoms. The van der Waals surface area contributed by atoms with Crippen molar-refractivity contribution >= 4 is 5.97 Å². The summed E-state index contributed by atoms with van der Waals surface area (Å²) in [4.78, 5) is 11.3. The van der Waals surface area contributed by atoms with Gasteiger partial charge in [0.05, 0.1) is 13.2 Å². The minimum atomic E-state index is -1.82. The maximum atomic E-state index is 15.0. The van der Waals surface area contributed by atoms with E-state index in [2.05, 4.69) is 0 Å². The minimum absolute atomic E-state index is 0.124. The third-order valence-electron chi connectivity index (χ3n) is 4.59. The number of carboxylic acid groups (broad SMARTS) is 1. The summed E-state index contributed by atoms with van der Waals surface area (Å²) in [5, 5.41) is 9.13. The molecule has 1 N–H and O–H groups in total. The highest BCUT2D eigenvalue weighted by Crippen LogP contribution is 2.38. The maximum absolute atomic E-state index is 15.0. The summed E-state index contributed by atoms with van der Waals surface area (Å²) >= 11 is 0. The second kappa shape index (κ2) is 8.28. The Labute approximate surface area is 158 Å². The lowest BCUT2D eigenvalue weighted by Gasteiger charge is -2.31. The van der Waals surface area contributed by atoms with E-state index in [4.69, 9.17) is 14.6 Å². The molecule has 1 aliphatic heterocycles. The highest BCUT2D eigenvalue weighted by molar-refractivity contribution is 5.91. The number of ether oxygens (including phenoxy) is 2. The SMILES string of the molecule is CCCC1COC(c2cc(F)c(C(=O)O)c(F)c2-c2ccc(F)c(F)c2)OC1. The first-order valence-corrected chi connectivity index (χ1v) is 8.77. The van der Waals surface area contributed by atoms with Crippen molar-refractivity contribution in [1.29, 1.82) is 0 Å². The first-order valence-electron chi connectivity index (χ1n) is 8.77. The molecule has 0 unspecified atom stereocenters. The van der Waals surface area contributed by atoms with Crippen LogP contribution in [0.2, 0.25) is 0 Å². The van der Waals surface area contributed by atoms with Gasteiger partial charge in [0.25, 0.3) is 0 Å². The highest BCUT2D eigenvalue weighted by Gasteiger charge is 2.31. The van der Waals surface area contributed by atoms with Crippen molar-refractivity contribution in [3.8, 4) is 11.1 Å². The summed E-state index contributed by atoms with van der Waals surface area (Å²) < 4.78 is 67.4.